The summed E-state index contributed by atoms with van der Waals surface area (Å²) >= 11 is 3.32. The second-order valence-corrected chi connectivity index (χ2v) is 4.53. The third kappa shape index (κ3) is 2.90. The van der Waals surface area contributed by atoms with E-state index in [4.69, 9.17) is 4.74 Å². The van der Waals surface area contributed by atoms with Gasteiger partial charge in [0.05, 0.1) is 12.7 Å². The molecule has 0 saturated heterocycles. The molecule has 100 valence electrons. The number of tetrazole rings is 1. The van der Waals surface area contributed by atoms with Crippen molar-refractivity contribution >= 4 is 27.8 Å². The number of nitrogens with zero attached hydrogens (tertiary/aromatic N) is 4. The molecule has 7 nitrogen and oxygen atoms in total. The van der Waals surface area contributed by atoms with Gasteiger partial charge in [0.25, 0.3) is 5.91 Å². The monoisotopic (exact) mass is 325 g/mol. The van der Waals surface area contributed by atoms with Gasteiger partial charge in [-0.2, -0.15) is 0 Å². The van der Waals surface area contributed by atoms with Gasteiger partial charge >= 0.3 is 0 Å². The van der Waals surface area contributed by atoms with Gasteiger partial charge in [0.15, 0.2) is 0 Å². The molecule has 0 unspecified atom stereocenters. The number of amides is 1. The summed E-state index contributed by atoms with van der Waals surface area (Å²) in [5, 5.41) is 13.6. The molecule has 0 spiro atoms. The smallest absolute Gasteiger partial charge is 0.261 e. The Kier molecular flexibility index (Phi) is 4.10. The normalized spacial score (nSPS) is 10.3. The number of nitrogens with one attached hydrogen (secondary N) is 1. The average molecular weight is 326 g/mol. The first-order valence-electron chi connectivity index (χ1n) is 5.56. The SMILES string of the molecule is CCn1nnnc1NC(=O)c1cc(Br)ccc1OC. The van der Waals surface area contributed by atoms with E-state index >= 15 is 0 Å². The highest BCUT2D eigenvalue weighted by atomic mass is 79.9. The molecule has 0 bridgehead atoms. The molecule has 2 aromatic rings. The Labute approximate surface area is 118 Å². The van der Waals surface area contributed by atoms with Gasteiger partial charge in [0, 0.05) is 11.0 Å². The predicted octanol–water partition coefficient (Wildman–Crippen LogP) is 1.72. The van der Waals surface area contributed by atoms with E-state index in [2.05, 4.69) is 36.8 Å². The maximum Gasteiger partial charge on any atom is 0.261 e. The molecule has 2 rings (SSSR count). The zero-order valence-electron chi connectivity index (χ0n) is 10.4. The molecule has 1 heterocycles. The van der Waals surface area contributed by atoms with Gasteiger partial charge in [0.1, 0.15) is 5.75 Å². The number of hydrogen-bond acceptors (Lipinski definition) is 5. The minimum absolute atomic E-state index is 0.300. The van der Waals surface area contributed by atoms with Crippen molar-refractivity contribution in [3.63, 3.8) is 0 Å². The van der Waals surface area contributed by atoms with E-state index in [1.54, 1.807) is 18.2 Å². The number of anilines is 1. The van der Waals surface area contributed by atoms with Crippen molar-refractivity contribution in [2.45, 2.75) is 13.5 Å². The highest BCUT2D eigenvalue weighted by molar-refractivity contribution is 9.10. The van der Waals surface area contributed by atoms with Crippen LogP contribution in [0.4, 0.5) is 5.95 Å². The number of hydrogen-bond donors (Lipinski definition) is 1. The van der Waals surface area contributed by atoms with E-state index < -0.39 is 0 Å². The molecule has 0 aliphatic carbocycles. The van der Waals surface area contributed by atoms with Crippen LogP contribution in [-0.2, 0) is 6.54 Å². The van der Waals surface area contributed by atoms with E-state index in [9.17, 15) is 4.79 Å². The summed E-state index contributed by atoms with van der Waals surface area (Å²) in [7, 11) is 1.51. The summed E-state index contributed by atoms with van der Waals surface area (Å²) in [5.41, 5.74) is 0.405. The number of methoxy groups -OCH3 is 1. The Morgan fingerprint density at radius 3 is 3.00 bits per heavy atom. The van der Waals surface area contributed by atoms with E-state index in [-0.39, 0.29) is 5.91 Å². The van der Waals surface area contributed by atoms with Crippen LogP contribution in [0.2, 0.25) is 0 Å². The number of aromatic nitrogens is 4. The van der Waals surface area contributed by atoms with Crippen molar-refractivity contribution in [1.29, 1.82) is 0 Å². The molecule has 19 heavy (non-hydrogen) atoms. The van der Waals surface area contributed by atoms with Crippen molar-refractivity contribution < 1.29 is 9.53 Å². The standard InChI is InChI=1S/C11H12BrN5O2/c1-3-17-11(14-15-16-17)13-10(18)8-6-7(12)4-5-9(8)19-2/h4-6H,3H2,1-2H3,(H,13,14,16,18). The summed E-state index contributed by atoms with van der Waals surface area (Å²) < 4.78 is 7.43. The summed E-state index contributed by atoms with van der Waals surface area (Å²) in [6, 6.07) is 5.18. The Morgan fingerprint density at radius 1 is 1.53 bits per heavy atom. The number of aryl methyl sites for hydroxylation is 1. The molecule has 0 radical (unpaired) electrons. The number of halogens is 1. The number of rotatable bonds is 4. The molecule has 1 N–H and O–H groups in total. The third-order valence-electron chi connectivity index (χ3n) is 2.46. The molecule has 1 aromatic carbocycles. The van der Waals surface area contributed by atoms with Crippen LogP contribution in [0.15, 0.2) is 22.7 Å². The van der Waals surface area contributed by atoms with E-state index in [1.165, 1.54) is 11.8 Å². The lowest BCUT2D eigenvalue weighted by Gasteiger charge is -2.09. The Morgan fingerprint density at radius 2 is 2.32 bits per heavy atom. The van der Waals surface area contributed by atoms with Crippen LogP contribution < -0.4 is 10.1 Å². The van der Waals surface area contributed by atoms with E-state index in [1.807, 2.05) is 6.92 Å². The van der Waals surface area contributed by atoms with E-state index in [0.717, 1.165) is 4.47 Å². The molecule has 1 aromatic heterocycles. The highest BCUT2D eigenvalue weighted by Gasteiger charge is 2.15. The number of ether oxygens (including phenoxy) is 1. The van der Waals surface area contributed by atoms with Crippen molar-refractivity contribution in [1.82, 2.24) is 20.2 Å². The fraction of sp³-hybridized carbons (Fsp3) is 0.273. The first-order chi connectivity index (χ1) is 9.15. The summed E-state index contributed by atoms with van der Waals surface area (Å²) in [6.45, 7) is 2.45. The number of carbonyl (C=O) groups is 1. The summed E-state index contributed by atoms with van der Waals surface area (Å²) in [6.07, 6.45) is 0. The van der Waals surface area contributed by atoms with Crippen LogP contribution in [0.25, 0.3) is 0 Å². The number of benzene rings is 1. The number of carbonyl (C=O) groups excluding carboxylic acids is 1. The van der Waals surface area contributed by atoms with E-state index in [0.29, 0.717) is 23.8 Å². The average Bonchev–Trinajstić information content (AvgIpc) is 2.85. The van der Waals surface area contributed by atoms with Gasteiger partial charge in [0.2, 0.25) is 5.95 Å². The Hall–Kier alpha value is -1.96. The van der Waals surface area contributed by atoms with Crippen LogP contribution in [0.3, 0.4) is 0 Å². The minimum Gasteiger partial charge on any atom is -0.496 e. The topological polar surface area (TPSA) is 81.9 Å². The van der Waals surface area contributed by atoms with Crippen molar-refractivity contribution in [2.75, 3.05) is 12.4 Å². The molecule has 0 aliphatic rings. The molecule has 8 heteroatoms. The van der Waals surface area contributed by atoms with Crippen LogP contribution in [0, 0.1) is 0 Å². The molecular weight excluding hydrogens is 314 g/mol. The lowest BCUT2D eigenvalue weighted by atomic mass is 10.2. The molecule has 0 fully saturated rings. The minimum atomic E-state index is -0.331. The zero-order chi connectivity index (χ0) is 13.8. The van der Waals surface area contributed by atoms with Crippen molar-refractivity contribution in [3.05, 3.63) is 28.2 Å². The van der Waals surface area contributed by atoms with Crippen molar-refractivity contribution in [2.24, 2.45) is 0 Å². The zero-order valence-corrected chi connectivity index (χ0v) is 12.0. The van der Waals surface area contributed by atoms with Gasteiger partial charge in [-0.05, 0) is 35.5 Å². The maximum atomic E-state index is 12.2. The lowest BCUT2D eigenvalue weighted by Crippen LogP contribution is -2.17. The maximum absolute atomic E-state index is 12.2. The first-order valence-corrected chi connectivity index (χ1v) is 6.36. The first kappa shape index (κ1) is 13.5. The molecule has 1 amide bonds. The van der Waals surface area contributed by atoms with Crippen LogP contribution in [0.5, 0.6) is 5.75 Å². The summed E-state index contributed by atoms with van der Waals surface area (Å²) in [5.74, 6) is 0.452. The summed E-state index contributed by atoms with van der Waals surface area (Å²) in [4.78, 5) is 12.2. The highest BCUT2D eigenvalue weighted by Crippen LogP contribution is 2.23. The third-order valence-corrected chi connectivity index (χ3v) is 2.96. The fourth-order valence-corrected chi connectivity index (χ4v) is 1.89. The molecule has 0 saturated carbocycles. The van der Waals surface area contributed by atoms with Crippen LogP contribution in [-0.4, -0.2) is 33.2 Å². The van der Waals surface area contributed by atoms with Gasteiger partial charge in [-0.3, -0.25) is 10.1 Å². The second kappa shape index (κ2) is 5.79. The van der Waals surface area contributed by atoms with Gasteiger partial charge < -0.3 is 4.74 Å². The van der Waals surface area contributed by atoms with Gasteiger partial charge in [-0.25, -0.2) is 4.68 Å². The Balaban J connectivity index is 2.27. The van der Waals surface area contributed by atoms with Crippen molar-refractivity contribution in [3.8, 4) is 5.75 Å². The fourth-order valence-electron chi connectivity index (χ4n) is 1.53. The van der Waals surface area contributed by atoms with Gasteiger partial charge in [-0.15, -0.1) is 0 Å². The second-order valence-electron chi connectivity index (χ2n) is 3.62. The predicted molar refractivity (Wildman–Crippen MR) is 72.1 cm³/mol. The lowest BCUT2D eigenvalue weighted by molar-refractivity contribution is 0.102. The van der Waals surface area contributed by atoms with Gasteiger partial charge in [-0.1, -0.05) is 21.0 Å². The quantitative estimate of drug-likeness (QED) is 0.925. The molecular formula is C11H12BrN5O2. The van der Waals surface area contributed by atoms with Crippen LogP contribution in [0.1, 0.15) is 17.3 Å². The molecule has 0 atom stereocenters. The molecule has 0 aliphatic heterocycles. The Bertz CT molecular complexity index is 599. The van der Waals surface area contributed by atoms with Crippen LogP contribution >= 0.6 is 15.9 Å². The largest absolute Gasteiger partial charge is 0.496 e.